The van der Waals surface area contributed by atoms with Gasteiger partial charge in [-0.05, 0) is 49.7 Å². The number of carbonyl (C=O) groups excluding carboxylic acids is 2. The van der Waals surface area contributed by atoms with Crippen LogP contribution in [0.5, 0.6) is 0 Å². The first-order valence-corrected chi connectivity index (χ1v) is 10.3. The van der Waals surface area contributed by atoms with E-state index >= 15 is 0 Å². The molecular weight excluding hydrogens is 380 g/mol. The van der Waals surface area contributed by atoms with Crippen molar-refractivity contribution in [2.45, 2.75) is 37.3 Å². The summed E-state index contributed by atoms with van der Waals surface area (Å²) in [5.41, 5.74) is 1.65. The molecule has 28 heavy (non-hydrogen) atoms. The second kappa shape index (κ2) is 7.73. The van der Waals surface area contributed by atoms with Gasteiger partial charge in [0, 0.05) is 25.2 Å². The molecule has 0 radical (unpaired) electrons. The second-order valence-corrected chi connectivity index (χ2v) is 8.88. The number of hydrogen-bond acceptors (Lipinski definition) is 5. The van der Waals surface area contributed by atoms with Crippen LogP contribution in [-0.2, 0) is 26.0 Å². The molecular formula is C20H22N2O5S. The van der Waals surface area contributed by atoms with Crippen LogP contribution >= 0.6 is 0 Å². The summed E-state index contributed by atoms with van der Waals surface area (Å²) in [7, 11) is -2.07. The molecule has 0 bridgehead atoms. The van der Waals surface area contributed by atoms with Crippen LogP contribution in [-0.4, -0.2) is 43.8 Å². The molecule has 0 saturated carbocycles. The Labute approximate surface area is 164 Å². The number of amides is 1. The van der Waals surface area contributed by atoms with Crippen molar-refractivity contribution >= 4 is 27.6 Å². The normalized spacial score (nSPS) is 16.6. The van der Waals surface area contributed by atoms with Gasteiger partial charge in [-0.2, -0.15) is 4.31 Å². The maximum atomic E-state index is 12.5. The third-order valence-corrected chi connectivity index (χ3v) is 6.76. The Morgan fingerprint density at radius 1 is 1.14 bits per heavy atom. The predicted molar refractivity (Wildman–Crippen MR) is 105 cm³/mol. The zero-order valence-electron chi connectivity index (χ0n) is 15.9. The quantitative estimate of drug-likeness (QED) is 0.776. The van der Waals surface area contributed by atoms with Gasteiger partial charge in [0.2, 0.25) is 10.0 Å². The number of nitrogens with zero attached hydrogens (tertiary/aromatic N) is 1. The van der Waals surface area contributed by atoms with E-state index in [1.165, 1.54) is 35.6 Å². The molecule has 7 nitrogen and oxygen atoms in total. The highest BCUT2D eigenvalue weighted by molar-refractivity contribution is 7.89. The van der Waals surface area contributed by atoms with E-state index in [0.717, 1.165) is 5.56 Å². The van der Waals surface area contributed by atoms with E-state index in [2.05, 4.69) is 5.32 Å². The number of anilines is 1. The molecule has 3 rings (SSSR count). The number of rotatable bonds is 5. The van der Waals surface area contributed by atoms with Gasteiger partial charge in [-0.15, -0.1) is 0 Å². The van der Waals surface area contributed by atoms with Crippen LogP contribution in [0.1, 0.15) is 29.8 Å². The first kappa shape index (κ1) is 20.0. The Balaban J connectivity index is 1.71. The van der Waals surface area contributed by atoms with E-state index in [0.29, 0.717) is 17.7 Å². The van der Waals surface area contributed by atoms with Crippen LogP contribution in [0.25, 0.3) is 0 Å². The Hall–Kier alpha value is -2.71. The Kier molecular flexibility index (Phi) is 5.53. The van der Waals surface area contributed by atoms with Crippen molar-refractivity contribution in [1.82, 2.24) is 4.31 Å². The van der Waals surface area contributed by atoms with Crippen LogP contribution < -0.4 is 5.32 Å². The molecule has 2 aromatic carbocycles. The number of cyclic esters (lactones) is 1. The summed E-state index contributed by atoms with van der Waals surface area (Å²) < 4.78 is 31.5. The van der Waals surface area contributed by atoms with Crippen LogP contribution in [0.15, 0.2) is 53.4 Å². The molecule has 0 saturated heterocycles. The van der Waals surface area contributed by atoms with E-state index in [1.807, 2.05) is 0 Å². The number of ether oxygens (including phenoxy) is 1. The lowest BCUT2D eigenvalue weighted by Gasteiger charge is -2.24. The van der Waals surface area contributed by atoms with Gasteiger partial charge in [-0.25, -0.2) is 13.2 Å². The molecule has 0 aromatic heterocycles. The van der Waals surface area contributed by atoms with Crippen molar-refractivity contribution in [3.8, 4) is 0 Å². The zero-order valence-corrected chi connectivity index (χ0v) is 16.7. The minimum absolute atomic E-state index is 0.139. The van der Waals surface area contributed by atoms with Crippen LogP contribution in [0, 0.1) is 0 Å². The van der Waals surface area contributed by atoms with Crippen LogP contribution in [0.3, 0.4) is 0 Å². The largest absolute Gasteiger partial charge is 0.448 e. The van der Waals surface area contributed by atoms with Gasteiger partial charge in [0.15, 0.2) is 6.10 Å². The topological polar surface area (TPSA) is 92.8 Å². The van der Waals surface area contributed by atoms with Crippen molar-refractivity contribution in [1.29, 1.82) is 0 Å². The fourth-order valence-electron chi connectivity index (χ4n) is 2.85. The number of esters is 1. The lowest BCUT2D eigenvalue weighted by atomic mass is 9.98. The lowest BCUT2D eigenvalue weighted by molar-refractivity contribution is -0.125. The van der Waals surface area contributed by atoms with Crippen LogP contribution in [0.4, 0.5) is 5.69 Å². The van der Waals surface area contributed by atoms with Gasteiger partial charge in [0.1, 0.15) is 0 Å². The van der Waals surface area contributed by atoms with Gasteiger partial charge in [0.05, 0.1) is 10.5 Å². The maximum Gasteiger partial charge on any atom is 0.339 e. The van der Waals surface area contributed by atoms with E-state index in [9.17, 15) is 18.0 Å². The van der Waals surface area contributed by atoms with Crippen molar-refractivity contribution in [2.24, 2.45) is 0 Å². The number of sulfonamides is 1. The number of nitrogens with one attached hydrogen (secondary N) is 1. The highest BCUT2D eigenvalue weighted by atomic mass is 32.2. The predicted octanol–water partition coefficient (Wildman–Crippen LogP) is 2.44. The van der Waals surface area contributed by atoms with Gasteiger partial charge in [-0.3, -0.25) is 4.79 Å². The smallest absolute Gasteiger partial charge is 0.339 e. The van der Waals surface area contributed by atoms with E-state index in [-0.39, 0.29) is 10.9 Å². The highest BCUT2D eigenvalue weighted by Crippen LogP contribution is 2.23. The summed E-state index contributed by atoms with van der Waals surface area (Å²) in [6.45, 7) is 3.57. The Morgan fingerprint density at radius 3 is 2.43 bits per heavy atom. The summed E-state index contributed by atoms with van der Waals surface area (Å²) in [4.78, 5) is 24.7. The monoisotopic (exact) mass is 402 g/mol. The molecule has 1 N–H and O–H groups in total. The molecule has 1 unspecified atom stereocenters. The Morgan fingerprint density at radius 2 is 1.79 bits per heavy atom. The average molecular weight is 402 g/mol. The number of fused-ring (bicyclic) bond motifs is 1. The Bertz CT molecular complexity index is 1000. The number of hydrogen-bond donors (Lipinski definition) is 1. The second-order valence-electron chi connectivity index (χ2n) is 6.88. The highest BCUT2D eigenvalue weighted by Gasteiger charge is 2.31. The van der Waals surface area contributed by atoms with Gasteiger partial charge in [-0.1, -0.05) is 18.2 Å². The molecule has 0 aliphatic carbocycles. The minimum Gasteiger partial charge on any atom is -0.448 e. The SMILES string of the molecule is CC(C)N(C)S(=O)(=O)c1ccc(NC(=O)C2Cc3ccccc3C(=O)O2)cc1. The third-order valence-electron chi connectivity index (χ3n) is 4.71. The summed E-state index contributed by atoms with van der Waals surface area (Å²) >= 11 is 0. The molecule has 148 valence electrons. The molecule has 1 heterocycles. The summed E-state index contributed by atoms with van der Waals surface area (Å²) in [6, 6.07) is 12.7. The molecule has 1 atom stereocenters. The molecule has 1 aliphatic rings. The van der Waals surface area contributed by atoms with E-state index < -0.39 is 28.0 Å². The van der Waals surface area contributed by atoms with Gasteiger partial charge in [0.25, 0.3) is 5.91 Å². The summed E-state index contributed by atoms with van der Waals surface area (Å²) in [5, 5.41) is 2.67. The van der Waals surface area contributed by atoms with Crippen molar-refractivity contribution in [2.75, 3.05) is 12.4 Å². The molecule has 1 aliphatic heterocycles. The number of benzene rings is 2. The fraction of sp³-hybridized carbons (Fsp3) is 0.300. The molecule has 8 heteroatoms. The number of carbonyl (C=O) groups is 2. The van der Waals surface area contributed by atoms with Crippen molar-refractivity contribution < 1.29 is 22.7 Å². The van der Waals surface area contributed by atoms with Crippen molar-refractivity contribution in [3.63, 3.8) is 0 Å². The maximum absolute atomic E-state index is 12.5. The van der Waals surface area contributed by atoms with Crippen LogP contribution in [0.2, 0.25) is 0 Å². The first-order valence-electron chi connectivity index (χ1n) is 8.88. The van der Waals surface area contributed by atoms with Gasteiger partial charge < -0.3 is 10.1 Å². The minimum atomic E-state index is -3.59. The molecule has 0 spiro atoms. The summed E-state index contributed by atoms with van der Waals surface area (Å²) in [5.74, 6) is -0.988. The fourth-order valence-corrected chi connectivity index (χ4v) is 4.22. The van der Waals surface area contributed by atoms with E-state index in [1.54, 1.807) is 38.1 Å². The first-order chi connectivity index (χ1) is 13.2. The average Bonchev–Trinajstić information content (AvgIpc) is 2.67. The molecule has 1 amide bonds. The zero-order chi connectivity index (χ0) is 20.5. The van der Waals surface area contributed by atoms with E-state index in [4.69, 9.17) is 4.74 Å². The molecule has 0 fully saturated rings. The van der Waals surface area contributed by atoms with Gasteiger partial charge >= 0.3 is 5.97 Å². The van der Waals surface area contributed by atoms with Crippen molar-refractivity contribution in [3.05, 3.63) is 59.7 Å². The standard InChI is InChI=1S/C20H22N2O5S/c1-13(2)22(3)28(25,26)16-10-8-15(9-11-16)21-19(23)18-12-14-6-4-5-7-17(14)20(24)27-18/h4-11,13,18H,12H2,1-3H3,(H,21,23). The summed E-state index contributed by atoms with van der Waals surface area (Å²) in [6.07, 6.45) is -0.641. The third kappa shape index (κ3) is 3.93. The molecule has 2 aromatic rings. The lowest BCUT2D eigenvalue weighted by Crippen LogP contribution is -2.38.